The van der Waals surface area contributed by atoms with Gasteiger partial charge in [-0.05, 0) is 17.9 Å². The molecule has 2 fully saturated rings. The monoisotopic (exact) mass is 309 g/mol. The summed E-state index contributed by atoms with van der Waals surface area (Å²) >= 11 is 1.80. The molecule has 116 valence electrons. The lowest BCUT2D eigenvalue weighted by Gasteiger charge is -2.29. The topological polar surface area (TPSA) is 44.8 Å². The molecule has 0 radical (unpaired) electrons. The standard InChI is InChI=1S/C15H23N3O2S/c19-15(14-12-20-9-4-16-14)18-6-2-5-17(7-8-18)11-13-3-1-10-21-13/h1,3,10,14,16H,2,4-9,11-12H2. The lowest BCUT2D eigenvalue weighted by atomic mass is 10.2. The number of ether oxygens (including phenoxy) is 1. The SMILES string of the molecule is O=C(C1COCCN1)N1CCCN(Cc2cccs2)CC1. The van der Waals surface area contributed by atoms with E-state index in [9.17, 15) is 4.79 Å². The first-order valence-corrected chi connectivity index (χ1v) is 8.55. The van der Waals surface area contributed by atoms with Gasteiger partial charge >= 0.3 is 0 Å². The van der Waals surface area contributed by atoms with E-state index in [0.717, 1.165) is 45.7 Å². The fourth-order valence-corrected chi connectivity index (χ4v) is 3.66. The average Bonchev–Trinajstić information content (AvgIpc) is 2.92. The van der Waals surface area contributed by atoms with Gasteiger partial charge in [-0.1, -0.05) is 6.07 Å². The Morgan fingerprint density at radius 1 is 1.38 bits per heavy atom. The average molecular weight is 309 g/mol. The van der Waals surface area contributed by atoms with Gasteiger partial charge in [-0.3, -0.25) is 9.69 Å². The maximum atomic E-state index is 12.5. The van der Waals surface area contributed by atoms with Crippen LogP contribution in [-0.2, 0) is 16.1 Å². The van der Waals surface area contributed by atoms with Crippen molar-refractivity contribution >= 4 is 17.2 Å². The molecule has 2 aliphatic heterocycles. The zero-order valence-corrected chi connectivity index (χ0v) is 13.1. The van der Waals surface area contributed by atoms with E-state index in [-0.39, 0.29) is 11.9 Å². The number of hydrogen-bond donors (Lipinski definition) is 1. The Labute approximate surface area is 129 Å². The highest BCUT2D eigenvalue weighted by Gasteiger charge is 2.27. The van der Waals surface area contributed by atoms with Crippen molar-refractivity contribution in [3.8, 4) is 0 Å². The zero-order valence-electron chi connectivity index (χ0n) is 12.3. The van der Waals surface area contributed by atoms with E-state index in [2.05, 4.69) is 27.7 Å². The van der Waals surface area contributed by atoms with Gasteiger partial charge in [0.25, 0.3) is 0 Å². The van der Waals surface area contributed by atoms with E-state index in [1.165, 1.54) is 4.88 Å². The Morgan fingerprint density at radius 2 is 2.33 bits per heavy atom. The molecule has 0 spiro atoms. The molecule has 3 heterocycles. The number of hydrogen-bond acceptors (Lipinski definition) is 5. The molecule has 0 saturated carbocycles. The highest BCUT2D eigenvalue weighted by molar-refractivity contribution is 7.09. The van der Waals surface area contributed by atoms with Gasteiger partial charge in [-0.25, -0.2) is 0 Å². The van der Waals surface area contributed by atoms with Crippen LogP contribution in [0.3, 0.4) is 0 Å². The van der Waals surface area contributed by atoms with Crippen LogP contribution in [0, 0.1) is 0 Å². The quantitative estimate of drug-likeness (QED) is 0.896. The maximum Gasteiger partial charge on any atom is 0.242 e. The summed E-state index contributed by atoms with van der Waals surface area (Å²) in [5.41, 5.74) is 0. The number of morpholine rings is 1. The number of nitrogens with one attached hydrogen (secondary N) is 1. The third kappa shape index (κ3) is 4.03. The van der Waals surface area contributed by atoms with Crippen LogP contribution in [0.5, 0.6) is 0 Å². The molecule has 5 nitrogen and oxygen atoms in total. The number of carbonyl (C=O) groups is 1. The summed E-state index contributed by atoms with van der Waals surface area (Å²) in [6.07, 6.45) is 1.05. The number of carbonyl (C=O) groups excluding carboxylic acids is 1. The molecule has 2 saturated heterocycles. The number of amides is 1. The first-order chi connectivity index (χ1) is 10.3. The molecular weight excluding hydrogens is 286 g/mol. The van der Waals surface area contributed by atoms with E-state index in [4.69, 9.17) is 4.74 Å². The van der Waals surface area contributed by atoms with E-state index in [1.807, 2.05) is 4.90 Å². The Balaban J connectivity index is 1.51. The predicted molar refractivity (Wildman–Crippen MR) is 83.4 cm³/mol. The van der Waals surface area contributed by atoms with Crippen molar-refractivity contribution < 1.29 is 9.53 Å². The van der Waals surface area contributed by atoms with E-state index >= 15 is 0 Å². The fourth-order valence-electron chi connectivity index (χ4n) is 2.92. The van der Waals surface area contributed by atoms with Crippen LogP contribution < -0.4 is 5.32 Å². The first-order valence-electron chi connectivity index (χ1n) is 7.67. The molecule has 1 unspecified atom stereocenters. The second-order valence-electron chi connectivity index (χ2n) is 5.62. The molecule has 6 heteroatoms. The molecule has 1 aromatic rings. The number of thiophene rings is 1. The van der Waals surface area contributed by atoms with E-state index in [1.54, 1.807) is 11.3 Å². The smallest absolute Gasteiger partial charge is 0.242 e. The summed E-state index contributed by atoms with van der Waals surface area (Å²) in [6, 6.07) is 4.13. The molecule has 3 rings (SSSR count). The lowest BCUT2D eigenvalue weighted by molar-refractivity contribution is -0.136. The highest BCUT2D eigenvalue weighted by atomic mass is 32.1. The largest absolute Gasteiger partial charge is 0.378 e. The second kappa shape index (κ2) is 7.35. The van der Waals surface area contributed by atoms with E-state index < -0.39 is 0 Å². The third-order valence-corrected chi connectivity index (χ3v) is 4.94. The molecule has 1 N–H and O–H groups in total. The van der Waals surface area contributed by atoms with Crippen molar-refractivity contribution in [2.75, 3.05) is 45.9 Å². The third-order valence-electron chi connectivity index (χ3n) is 4.08. The Kier molecular flexibility index (Phi) is 5.24. The highest BCUT2D eigenvalue weighted by Crippen LogP contribution is 2.14. The lowest BCUT2D eigenvalue weighted by Crippen LogP contribution is -2.53. The van der Waals surface area contributed by atoms with Gasteiger partial charge in [-0.2, -0.15) is 0 Å². The minimum atomic E-state index is -0.150. The second-order valence-corrected chi connectivity index (χ2v) is 6.65. The van der Waals surface area contributed by atoms with Crippen LogP contribution in [0.2, 0.25) is 0 Å². The van der Waals surface area contributed by atoms with Gasteiger partial charge in [0.05, 0.1) is 13.2 Å². The Bertz CT molecular complexity index is 446. The molecule has 1 aromatic heterocycles. The molecule has 21 heavy (non-hydrogen) atoms. The first kappa shape index (κ1) is 15.0. The van der Waals surface area contributed by atoms with Crippen molar-refractivity contribution in [3.05, 3.63) is 22.4 Å². The maximum absolute atomic E-state index is 12.5. The Morgan fingerprint density at radius 3 is 3.10 bits per heavy atom. The normalized spacial score (nSPS) is 24.8. The van der Waals surface area contributed by atoms with Gasteiger partial charge in [0.2, 0.25) is 5.91 Å². The van der Waals surface area contributed by atoms with Gasteiger partial charge in [0.15, 0.2) is 0 Å². The van der Waals surface area contributed by atoms with E-state index in [0.29, 0.717) is 13.2 Å². The molecular formula is C15H23N3O2S. The van der Waals surface area contributed by atoms with Crippen molar-refractivity contribution in [3.63, 3.8) is 0 Å². The van der Waals surface area contributed by atoms with Crippen LogP contribution in [0.25, 0.3) is 0 Å². The molecule has 0 aromatic carbocycles. The van der Waals surface area contributed by atoms with Crippen molar-refractivity contribution in [1.29, 1.82) is 0 Å². The van der Waals surface area contributed by atoms with Crippen LogP contribution in [0.4, 0.5) is 0 Å². The summed E-state index contributed by atoms with van der Waals surface area (Å²) < 4.78 is 5.40. The van der Waals surface area contributed by atoms with Crippen LogP contribution in [0.1, 0.15) is 11.3 Å². The van der Waals surface area contributed by atoms with Crippen molar-refractivity contribution in [2.45, 2.75) is 19.0 Å². The predicted octanol–water partition coefficient (Wildman–Crippen LogP) is 0.771. The molecule has 2 aliphatic rings. The van der Waals surface area contributed by atoms with Crippen LogP contribution in [0.15, 0.2) is 17.5 Å². The van der Waals surface area contributed by atoms with Crippen molar-refractivity contribution in [1.82, 2.24) is 15.1 Å². The number of nitrogens with zero attached hydrogens (tertiary/aromatic N) is 2. The summed E-state index contributed by atoms with van der Waals surface area (Å²) in [7, 11) is 0. The molecule has 0 aliphatic carbocycles. The zero-order chi connectivity index (χ0) is 14.5. The van der Waals surface area contributed by atoms with Crippen molar-refractivity contribution in [2.24, 2.45) is 0 Å². The molecule has 0 bridgehead atoms. The molecule has 1 atom stereocenters. The van der Waals surface area contributed by atoms with Gasteiger partial charge < -0.3 is 15.0 Å². The summed E-state index contributed by atoms with van der Waals surface area (Å²) in [5.74, 6) is 0.202. The fraction of sp³-hybridized carbons (Fsp3) is 0.667. The van der Waals surface area contributed by atoms with Gasteiger partial charge in [0.1, 0.15) is 6.04 Å². The van der Waals surface area contributed by atoms with Crippen LogP contribution >= 0.6 is 11.3 Å². The minimum absolute atomic E-state index is 0.150. The van der Waals surface area contributed by atoms with Gasteiger partial charge in [0, 0.05) is 44.1 Å². The van der Waals surface area contributed by atoms with Crippen LogP contribution in [-0.4, -0.2) is 67.7 Å². The Hall–Kier alpha value is -0.950. The summed E-state index contributed by atoms with van der Waals surface area (Å²) in [4.78, 5) is 18.3. The number of rotatable bonds is 3. The molecule has 1 amide bonds. The summed E-state index contributed by atoms with van der Waals surface area (Å²) in [5, 5.41) is 5.38. The minimum Gasteiger partial charge on any atom is -0.378 e. The van der Waals surface area contributed by atoms with Gasteiger partial charge in [-0.15, -0.1) is 11.3 Å². The summed E-state index contributed by atoms with van der Waals surface area (Å²) in [6.45, 7) is 6.69.